The zero-order valence-electron chi connectivity index (χ0n) is 30.3. The summed E-state index contributed by atoms with van der Waals surface area (Å²) in [5.74, 6) is -0.0651. The molecule has 50 heavy (non-hydrogen) atoms. The van der Waals surface area contributed by atoms with Crippen molar-refractivity contribution in [2.75, 3.05) is 25.5 Å². The Kier molecular flexibility index (Phi) is 13.1. The van der Waals surface area contributed by atoms with Crippen LogP contribution in [0.1, 0.15) is 89.8 Å². The van der Waals surface area contributed by atoms with Crippen LogP contribution >= 0.6 is 11.3 Å². The van der Waals surface area contributed by atoms with Gasteiger partial charge in [0.25, 0.3) is 5.91 Å². The average Bonchev–Trinajstić information content (AvgIpc) is 3.47. The SMILES string of the molecule is CN/C(=N\C(=O)OC(C)(C)C)N1CC=C(c2csc(C(=O)Nc3ccc(CN/C(=N\C(=O)OC(C)(C)C)NC(=O)OC(C)(C)C)cc3)n2)CC1. The highest BCUT2D eigenvalue weighted by molar-refractivity contribution is 7.12. The quantitative estimate of drug-likeness (QED) is 0.164. The Hall–Kier alpha value is -4.99. The summed E-state index contributed by atoms with van der Waals surface area (Å²) < 4.78 is 15.8. The van der Waals surface area contributed by atoms with E-state index in [2.05, 4.69) is 36.2 Å². The lowest BCUT2D eigenvalue weighted by Crippen LogP contribution is -2.44. The lowest BCUT2D eigenvalue weighted by Gasteiger charge is -2.28. The van der Waals surface area contributed by atoms with Crippen molar-refractivity contribution in [2.24, 2.45) is 9.98 Å². The average molecular weight is 713 g/mol. The highest BCUT2D eigenvalue weighted by Gasteiger charge is 2.23. The summed E-state index contributed by atoms with van der Waals surface area (Å²) in [5, 5.41) is 13.4. The molecule has 16 heteroatoms. The molecule has 0 fully saturated rings. The molecule has 1 aliphatic heterocycles. The number of nitrogens with zero attached hydrogens (tertiary/aromatic N) is 4. The molecule has 3 rings (SSSR count). The second kappa shape index (κ2) is 16.6. The molecule has 0 saturated carbocycles. The Labute approximate surface area is 297 Å². The van der Waals surface area contributed by atoms with Gasteiger partial charge in [-0.3, -0.25) is 10.1 Å². The largest absolute Gasteiger partial charge is 0.444 e. The van der Waals surface area contributed by atoms with Crippen molar-refractivity contribution in [1.82, 2.24) is 25.8 Å². The first-order valence-corrected chi connectivity index (χ1v) is 16.9. The van der Waals surface area contributed by atoms with E-state index in [0.717, 1.165) is 16.8 Å². The first-order chi connectivity index (χ1) is 23.2. The molecular weight excluding hydrogens is 664 g/mol. The molecule has 0 saturated heterocycles. The van der Waals surface area contributed by atoms with Gasteiger partial charge in [0.1, 0.15) is 16.8 Å². The molecule has 1 aliphatic rings. The number of rotatable bonds is 5. The fraction of sp³-hybridized carbons (Fsp3) is 0.500. The highest BCUT2D eigenvalue weighted by Crippen LogP contribution is 2.25. The van der Waals surface area contributed by atoms with Gasteiger partial charge in [-0.25, -0.2) is 19.4 Å². The van der Waals surface area contributed by atoms with Gasteiger partial charge in [0.15, 0.2) is 5.01 Å². The monoisotopic (exact) mass is 712 g/mol. The predicted molar refractivity (Wildman–Crippen MR) is 193 cm³/mol. The number of carbonyl (C=O) groups excluding carboxylic acids is 4. The van der Waals surface area contributed by atoms with Crippen LogP contribution in [-0.4, -0.2) is 82.9 Å². The van der Waals surface area contributed by atoms with Crippen LogP contribution in [0.15, 0.2) is 45.7 Å². The van der Waals surface area contributed by atoms with E-state index in [1.807, 2.05) is 16.4 Å². The molecule has 0 radical (unpaired) electrons. The summed E-state index contributed by atoms with van der Waals surface area (Å²) in [6, 6.07) is 7.01. The summed E-state index contributed by atoms with van der Waals surface area (Å²) in [6.45, 7) is 16.9. The highest BCUT2D eigenvalue weighted by atomic mass is 32.1. The number of carbonyl (C=O) groups is 4. The maximum Gasteiger partial charge on any atom is 0.437 e. The molecule has 0 atom stereocenters. The van der Waals surface area contributed by atoms with Gasteiger partial charge >= 0.3 is 18.3 Å². The zero-order chi connectivity index (χ0) is 37.3. The number of alkyl carbamates (subject to hydrolysis) is 1. The minimum Gasteiger partial charge on any atom is -0.444 e. The minimum atomic E-state index is -0.881. The van der Waals surface area contributed by atoms with Gasteiger partial charge in [-0.1, -0.05) is 18.2 Å². The van der Waals surface area contributed by atoms with Gasteiger partial charge in [0.05, 0.1) is 5.69 Å². The Morgan fingerprint density at radius 2 is 1.48 bits per heavy atom. The number of aliphatic imine (C=N–C) groups is 2. The van der Waals surface area contributed by atoms with Crippen LogP contribution < -0.4 is 21.3 Å². The van der Waals surface area contributed by atoms with Crippen LogP contribution in [0.25, 0.3) is 5.57 Å². The van der Waals surface area contributed by atoms with Gasteiger partial charge < -0.3 is 35.1 Å². The van der Waals surface area contributed by atoms with Crippen LogP contribution in [0.3, 0.4) is 0 Å². The van der Waals surface area contributed by atoms with Crippen LogP contribution in [0.5, 0.6) is 0 Å². The molecule has 0 unspecified atom stereocenters. The maximum absolute atomic E-state index is 13.0. The van der Waals surface area contributed by atoms with Crippen LogP contribution in [-0.2, 0) is 20.8 Å². The van der Waals surface area contributed by atoms with E-state index in [-0.39, 0.29) is 18.4 Å². The lowest BCUT2D eigenvalue weighted by molar-refractivity contribution is 0.0556. The van der Waals surface area contributed by atoms with Crippen molar-refractivity contribution in [2.45, 2.75) is 92.1 Å². The second-order valence-corrected chi connectivity index (χ2v) is 15.1. The number of guanidine groups is 2. The van der Waals surface area contributed by atoms with E-state index in [1.54, 1.807) is 93.6 Å². The molecule has 4 N–H and O–H groups in total. The second-order valence-electron chi connectivity index (χ2n) is 14.2. The van der Waals surface area contributed by atoms with Crippen LogP contribution in [0.2, 0.25) is 0 Å². The van der Waals surface area contributed by atoms with Crippen molar-refractivity contribution in [3.8, 4) is 0 Å². The molecule has 0 spiro atoms. The normalized spacial score (nSPS) is 14.3. The third-order valence-corrected chi connectivity index (χ3v) is 7.08. The topological polar surface area (TPSA) is 185 Å². The number of thiazole rings is 1. The van der Waals surface area contributed by atoms with Crippen LogP contribution in [0.4, 0.5) is 20.1 Å². The van der Waals surface area contributed by atoms with Crippen molar-refractivity contribution < 1.29 is 33.4 Å². The predicted octanol–water partition coefficient (Wildman–Crippen LogP) is 5.90. The molecule has 2 heterocycles. The number of amides is 4. The van der Waals surface area contributed by atoms with Crippen molar-refractivity contribution in [3.63, 3.8) is 0 Å². The van der Waals surface area contributed by atoms with Gasteiger partial charge in [-0.05, 0) is 92.0 Å². The van der Waals surface area contributed by atoms with Gasteiger partial charge in [-0.2, -0.15) is 0 Å². The standard InChI is InChI=1S/C34H48N8O7S/c1-32(2,3)47-29(44)39-27(40-30(45)48-33(4,5)6)36-19-21-11-13-23(14-12-21)37-25(43)26-38-24(20-50-26)22-15-17-42(18-16-22)28(35-10)41-31(46)49-34(7,8)9/h11-15,20H,16-19H2,1-10H3,(H,37,43)(H,35,41,46)(H2,36,39,40,44,45). The molecule has 2 aromatic rings. The van der Waals surface area contributed by atoms with Gasteiger partial charge in [0.2, 0.25) is 11.9 Å². The summed E-state index contributed by atoms with van der Waals surface area (Å²) >= 11 is 1.25. The van der Waals surface area contributed by atoms with Crippen molar-refractivity contribution >= 4 is 58.7 Å². The smallest absolute Gasteiger partial charge is 0.437 e. The van der Waals surface area contributed by atoms with E-state index in [1.165, 1.54) is 11.3 Å². The van der Waals surface area contributed by atoms with Crippen molar-refractivity contribution in [1.29, 1.82) is 0 Å². The van der Waals surface area contributed by atoms with Crippen LogP contribution in [0, 0.1) is 0 Å². The summed E-state index contributed by atoms with van der Waals surface area (Å²) in [6.07, 6.45) is 0.317. The number of anilines is 1. The fourth-order valence-corrected chi connectivity index (χ4v) is 4.98. The number of benzene rings is 1. The number of hydrogen-bond donors (Lipinski definition) is 4. The number of ether oxygens (including phenoxy) is 3. The third kappa shape index (κ3) is 13.9. The van der Waals surface area contributed by atoms with Gasteiger partial charge in [0, 0.05) is 37.7 Å². The molecule has 15 nitrogen and oxygen atoms in total. The molecular formula is C34H48N8O7S. The molecule has 1 aromatic heterocycles. The summed E-state index contributed by atoms with van der Waals surface area (Å²) in [5.41, 5.74) is 0.885. The Morgan fingerprint density at radius 1 is 0.880 bits per heavy atom. The Bertz CT molecular complexity index is 1630. The fourth-order valence-electron chi connectivity index (χ4n) is 4.24. The first-order valence-electron chi connectivity index (χ1n) is 16.0. The molecule has 1 aromatic carbocycles. The van der Waals surface area contributed by atoms with E-state index >= 15 is 0 Å². The first kappa shape index (κ1) is 39.4. The molecule has 0 bridgehead atoms. The third-order valence-electron chi connectivity index (χ3n) is 6.24. The maximum atomic E-state index is 13.0. The summed E-state index contributed by atoms with van der Waals surface area (Å²) in [7, 11) is 1.70. The number of nitrogens with one attached hydrogen (secondary N) is 4. The summed E-state index contributed by atoms with van der Waals surface area (Å²) in [4.78, 5) is 64.2. The molecule has 0 aliphatic carbocycles. The Morgan fingerprint density at radius 3 is 2.02 bits per heavy atom. The number of hydrogen-bond acceptors (Lipinski definition) is 9. The zero-order valence-corrected chi connectivity index (χ0v) is 31.2. The molecule has 4 amide bonds. The Balaban J connectivity index is 1.59. The lowest BCUT2D eigenvalue weighted by atomic mass is 10.1. The van der Waals surface area contributed by atoms with Crippen molar-refractivity contribution in [3.05, 3.63) is 52.0 Å². The molecule has 272 valence electrons. The van der Waals surface area contributed by atoms with E-state index in [9.17, 15) is 19.2 Å². The van der Waals surface area contributed by atoms with E-state index < -0.39 is 35.1 Å². The van der Waals surface area contributed by atoms with E-state index in [4.69, 9.17) is 14.2 Å². The van der Waals surface area contributed by atoms with E-state index in [0.29, 0.717) is 36.2 Å². The van der Waals surface area contributed by atoms with Gasteiger partial charge in [-0.15, -0.1) is 21.3 Å². The number of aromatic nitrogens is 1. The minimum absolute atomic E-state index is 0.136.